The number of unbranched alkanes of at least 4 members (excludes halogenated alkanes) is 4. The molecule has 2 aromatic rings. The van der Waals surface area contributed by atoms with Crippen LogP contribution in [0.25, 0.3) is 11.4 Å². The highest BCUT2D eigenvalue weighted by molar-refractivity contribution is 5.55. The van der Waals surface area contributed by atoms with Crippen molar-refractivity contribution in [3.8, 4) is 17.1 Å². The van der Waals surface area contributed by atoms with Crippen molar-refractivity contribution in [2.24, 2.45) is 23.7 Å². The Bertz CT molecular complexity index is 802. The molecule has 0 atom stereocenters. The van der Waals surface area contributed by atoms with E-state index in [1.165, 1.54) is 115 Å². The van der Waals surface area contributed by atoms with Gasteiger partial charge in [-0.15, -0.1) is 0 Å². The number of aryl methyl sites for hydroxylation is 1. The molecule has 2 aliphatic carbocycles. The summed E-state index contributed by atoms with van der Waals surface area (Å²) in [6.45, 7) is 5.46. The third-order valence-corrected chi connectivity index (χ3v) is 9.51. The van der Waals surface area contributed by atoms with E-state index in [-0.39, 0.29) is 0 Å². The molecule has 38 heavy (non-hydrogen) atoms. The Balaban J connectivity index is 1.14. The molecule has 2 fully saturated rings. The molecule has 1 aromatic carbocycles. The molecular weight excluding hydrogens is 464 g/mol. The highest BCUT2D eigenvalue weighted by Crippen LogP contribution is 2.35. The van der Waals surface area contributed by atoms with Crippen LogP contribution < -0.4 is 4.74 Å². The maximum atomic E-state index is 6.17. The molecule has 1 heterocycles. The van der Waals surface area contributed by atoms with Crippen LogP contribution in [0.3, 0.4) is 0 Å². The van der Waals surface area contributed by atoms with Gasteiger partial charge in [-0.3, -0.25) is 0 Å². The second-order valence-electron chi connectivity index (χ2n) is 12.6. The van der Waals surface area contributed by atoms with Crippen LogP contribution in [0.15, 0.2) is 36.7 Å². The third-order valence-electron chi connectivity index (χ3n) is 9.51. The van der Waals surface area contributed by atoms with Gasteiger partial charge in [-0.05, 0) is 79.2 Å². The van der Waals surface area contributed by atoms with Crippen molar-refractivity contribution in [2.75, 3.05) is 6.61 Å². The number of hydrogen-bond acceptors (Lipinski definition) is 3. The maximum Gasteiger partial charge on any atom is 0.159 e. The van der Waals surface area contributed by atoms with Gasteiger partial charge >= 0.3 is 0 Å². The van der Waals surface area contributed by atoms with Crippen LogP contribution in [0.1, 0.15) is 129 Å². The fraction of sp³-hybridized carbons (Fsp3) is 0.714. The molecule has 0 unspecified atom stereocenters. The smallest absolute Gasteiger partial charge is 0.159 e. The van der Waals surface area contributed by atoms with E-state index in [1.54, 1.807) is 0 Å². The molecule has 2 aliphatic rings. The van der Waals surface area contributed by atoms with Crippen LogP contribution in [0.2, 0.25) is 0 Å². The molecule has 0 aliphatic heterocycles. The second kappa shape index (κ2) is 16.3. The first-order chi connectivity index (χ1) is 18.7. The molecule has 0 saturated heterocycles. The number of rotatable bonds is 15. The standard InChI is InChI=1S/C35H54N2O/c1-3-5-7-9-28-11-13-30(14-12-28)17-20-32-25-36-35(37-26-32)33-21-23-34(24-22-33)38-27-31-18-15-29(16-19-31)10-8-6-4-2/h21-26,28-31H,3-20,27H2,1-2H3. The number of benzene rings is 1. The summed E-state index contributed by atoms with van der Waals surface area (Å²) in [6, 6.07) is 8.38. The van der Waals surface area contributed by atoms with Gasteiger partial charge in [-0.1, -0.05) is 104 Å². The molecule has 1 aromatic heterocycles. The minimum atomic E-state index is 0.716. The lowest BCUT2D eigenvalue weighted by Gasteiger charge is -2.28. The Morgan fingerprint density at radius 1 is 0.632 bits per heavy atom. The zero-order valence-electron chi connectivity index (χ0n) is 24.5. The zero-order valence-corrected chi connectivity index (χ0v) is 24.5. The third kappa shape index (κ3) is 9.69. The topological polar surface area (TPSA) is 35.0 Å². The summed E-state index contributed by atoms with van der Waals surface area (Å²) in [6.07, 6.45) is 28.9. The van der Waals surface area contributed by atoms with Crippen molar-refractivity contribution >= 4 is 0 Å². The minimum absolute atomic E-state index is 0.716. The van der Waals surface area contributed by atoms with Gasteiger partial charge in [-0.25, -0.2) is 9.97 Å². The Morgan fingerprint density at radius 2 is 1.13 bits per heavy atom. The van der Waals surface area contributed by atoms with E-state index in [0.29, 0.717) is 5.92 Å². The maximum absolute atomic E-state index is 6.17. The molecule has 3 nitrogen and oxygen atoms in total. The van der Waals surface area contributed by atoms with Crippen molar-refractivity contribution in [1.82, 2.24) is 9.97 Å². The summed E-state index contributed by atoms with van der Waals surface area (Å²) in [5.74, 6) is 5.35. The van der Waals surface area contributed by atoms with Gasteiger partial charge in [0.05, 0.1) is 6.61 Å². The van der Waals surface area contributed by atoms with E-state index in [9.17, 15) is 0 Å². The van der Waals surface area contributed by atoms with Crippen molar-refractivity contribution in [3.05, 3.63) is 42.2 Å². The summed E-state index contributed by atoms with van der Waals surface area (Å²) in [4.78, 5) is 9.39. The summed E-state index contributed by atoms with van der Waals surface area (Å²) in [7, 11) is 0. The van der Waals surface area contributed by atoms with E-state index in [1.807, 2.05) is 12.4 Å². The average Bonchev–Trinajstić information content (AvgIpc) is 2.97. The molecule has 210 valence electrons. The first kappa shape index (κ1) is 29.1. The number of hydrogen-bond donors (Lipinski definition) is 0. The lowest BCUT2D eigenvalue weighted by Crippen LogP contribution is -2.20. The number of nitrogens with zero attached hydrogens (tertiary/aromatic N) is 2. The molecule has 3 heteroatoms. The van der Waals surface area contributed by atoms with Crippen molar-refractivity contribution < 1.29 is 4.74 Å². The summed E-state index contributed by atoms with van der Waals surface area (Å²) in [5, 5.41) is 0. The Hall–Kier alpha value is -1.90. The molecular formula is C35H54N2O. The monoisotopic (exact) mass is 518 g/mol. The van der Waals surface area contributed by atoms with Crippen LogP contribution in [0.4, 0.5) is 0 Å². The fourth-order valence-corrected chi connectivity index (χ4v) is 6.78. The van der Waals surface area contributed by atoms with Crippen LogP contribution in [0.5, 0.6) is 5.75 Å². The van der Waals surface area contributed by atoms with Crippen molar-refractivity contribution in [2.45, 2.75) is 129 Å². The molecule has 0 radical (unpaired) electrons. The van der Waals surface area contributed by atoms with Crippen LogP contribution >= 0.6 is 0 Å². The minimum Gasteiger partial charge on any atom is -0.493 e. The Labute approximate surface area is 233 Å². The van der Waals surface area contributed by atoms with E-state index in [4.69, 9.17) is 14.7 Å². The second-order valence-corrected chi connectivity index (χ2v) is 12.6. The quantitative estimate of drug-likeness (QED) is 0.220. The van der Waals surface area contributed by atoms with Gasteiger partial charge in [0.2, 0.25) is 0 Å². The Morgan fingerprint density at radius 3 is 1.66 bits per heavy atom. The fourth-order valence-electron chi connectivity index (χ4n) is 6.78. The first-order valence-electron chi connectivity index (χ1n) is 16.3. The SMILES string of the molecule is CCCCCC1CCC(CCc2cnc(-c3ccc(OCC4CCC(CCCCC)CC4)cc3)nc2)CC1. The van der Waals surface area contributed by atoms with Gasteiger partial charge in [0.15, 0.2) is 5.82 Å². The van der Waals surface area contributed by atoms with Gasteiger partial charge < -0.3 is 4.74 Å². The largest absolute Gasteiger partial charge is 0.493 e. The summed E-state index contributed by atoms with van der Waals surface area (Å²) in [5.41, 5.74) is 2.34. The van der Waals surface area contributed by atoms with E-state index in [2.05, 4.69) is 38.1 Å². The summed E-state index contributed by atoms with van der Waals surface area (Å²) >= 11 is 0. The predicted octanol–water partition coefficient (Wildman–Crippen LogP) is 10.2. The highest BCUT2D eigenvalue weighted by atomic mass is 16.5. The number of ether oxygens (including phenoxy) is 1. The van der Waals surface area contributed by atoms with Crippen LogP contribution in [0, 0.1) is 23.7 Å². The Kier molecular flexibility index (Phi) is 12.4. The first-order valence-corrected chi connectivity index (χ1v) is 16.3. The molecule has 0 N–H and O–H groups in total. The van der Waals surface area contributed by atoms with E-state index >= 15 is 0 Å². The number of aromatic nitrogens is 2. The summed E-state index contributed by atoms with van der Waals surface area (Å²) < 4.78 is 6.17. The van der Waals surface area contributed by atoms with Crippen LogP contribution in [-0.2, 0) is 6.42 Å². The molecule has 4 rings (SSSR count). The van der Waals surface area contributed by atoms with Gasteiger partial charge in [0, 0.05) is 18.0 Å². The molecule has 0 spiro atoms. The molecule has 0 bridgehead atoms. The van der Waals surface area contributed by atoms with E-state index in [0.717, 1.165) is 47.9 Å². The lowest BCUT2D eigenvalue weighted by molar-refractivity contribution is 0.177. The van der Waals surface area contributed by atoms with Gasteiger partial charge in [0.1, 0.15) is 5.75 Å². The normalized spacial score (nSPS) is 23.8. The van der Waals surface area contributed by atoms with Gasteiger partial charge in [-0.2, -0.15) is 0 Å². The zero-order chi connectivity index (χ0) is 26.4. The van der Waals surface area contributed by atoms with Crippen LogP contribution in [-0.4, -0.2) is 16.6 Å². The lowest BCUT2D eigenvalue weighted by atomic mass is 9.78. The molecule has 2 saturated carbocycles. The average molecular weight is 519 g/mol. The highest BCUT2D eigenvalue weighted by Gasteiger charge is 2.22. The predicted molar refractivity (Wildman–Crippen MR) is 160 cm³/mol. The van der Waals surface area contributed by atoms with Gasteiger partial charge in [0.25, 0.3) is 0 Å². The van der Waals surface area contributed by atoms with E-state index < -0.39 is 0 Å². The van der Waals surface area contributed by atoms with Crippen molar-refractivity contribution in [1.29, 1.82) is 0 Å². The molecule has 0 amide bonds. The van der Waals surface area contributed by atoms with Crippen molar-refractivity contribution in [3.63, 3.8) is 0 Å².